The number of fused-ring (bicyclic) bond motifs is 1. The fourth-order valence-corrected chi connectivity index (χ4v) is 4.61. The molecular formula is C23H23NO4S. The molecular weight excluding hydrogens is 386 g/mol. The third-order valence-corrected chi connectivity index (χ3v) is 5.99. The number of carbonyl (C=O) groups excluding carboxylic acids is 1. The van der Waals surface area contributed by atoms with E-state index in [9.17, 15) is 9.00 Å². The molecule has 3 atom stereocenters. The normalized spacial score (nSPS) is 14.0. The first-order chi connectivity index (χ1) is 14.1. The van der Waals surface area contributed by atoms with Gasteiger partial charge < -0.3 is 9.47 Å². The van der Waals surface area contributed by atoms with Crippen LogP contribution < -0.4 is 9.46 Å². The zero-order valence-corrected chi connectivity index (χ0v) is 17.1. The van der Waals surface area contributed by atoms with E-state index in [0.717, 1.165) is 16.3 Å². The summed E-state index contributed by atoms with van der Waals surface area (Å²) in [5, 5.41) is 1.76. The van der Waals surface area contributed by atoms with Crippen LogP contribution in [-0.2, 0) is 20.5 Å². The van der Waals surface area contributed by atoms with Crippen molar-refractivity contribution in [2.45, 2.75) is 10.9 Å². The fourth-order valence-electron chi connectivity index (χ4n) is 3.26. The number of hydrogen-bond donors (Lipinski definition) is 1. The Bertz CT molecular complexity index is 1040. The van der Waals surface area contributed by atoms with Crippen LogP contribution >= 0.6 is 0 Å². The Morgan fingerprint density at radius 1 is 1.03 bits per heavy atom. The molecule has 3 aromatic rings. The summed E-state index contributed by atoms with van der Waals surface area (Å²) in [4.78, 5) is 12.9. The molecule has 3 aromatic carbocycles. The van der Waals surface area contributed by atoms with E-state index >= 15 is 0 Å². The summed E-state index contributed by atoms with van der Waals surface area (Å²) in [6, 6.07) is 20.1. The molecule has 3 rings (SSSR count). The molecule has 0 aromatic heterocycles. The van der Waals surface area contributed by atoms with Gasteiger partial charge in [0.05, 0.1) is 26.2 Å². The SMILES string of the molecule is C=C[C@@H](C(=O)OC)[C@@H](NS(=O)c1c(OC)ccc2ccccc12)c1ccccc1. The zero-order chi connectivity index (χ0) is 20.8. The van der Waals surface area contributed by atoms with Crippen molar-refractivity contribution in [3.05, 3.63) is 84.9 Å². The molecule has 0 bridgehead atoms. The van der Waals surface area contributed by atoms with Crippen LogP contribution in [0.5, 0.6) is 5.75 Å². The van der Waals surface area contributed by atoms with Crippen molar-refractivity contribution in [1.29, 1.82) is 0 Å². The maximum absolute atomic E-state index is 13.5. The van der Waals surface area contributed by atoms with Crippen molar-refractivity contribution in [3.63, 3.8) is 0 Å². The van der Waals surface area contributed by atoms with Gasteiger partial charge in [-0.3, -0.25) is 4.79 Å². The topological polar surface area (TPSA) is 64.6 Å². The molecule has 0 spiro atoms. The maximum atomic E-state index is 13.5. The van der Waals surface area contributed by atoms with E-state index in [4.69, 9.17) is 9.47 Å². The minimum Gasteiger partial charge on any atom is -0.495 e. The van der Waals surface area contributed by atoms with Crippen molar-refractivity contribution >= 4 is 27.7 Å². The summed E-state index contributed by atoms with van der Waals surface area (Å²) in [6.45, 7) is 3.78. The average Bonchev–Trinajstić information content (AvgIpc) is 2.78. The molecule has 0 saturated heterocycles. The highest BCUT2D eigenvalue weighted by molar-refractivity contribution is 7.83. The summed E-state index contributed by atoms with van der Waals surface area (Å²) in [5.74, 6) is -0.662. The molecule has 0 radical (unpaired) electrons. The number of nitrogens with one attached hydrogen (secondary N) is 1. The molecule has 6 heteroatoms. The highest BCUT2D eigenvalue weighted by atomic mass is 32.2. The first kappa shape index (κ1) is 20.8. The Balaban J connectivity index is 2.07. The van der Waals surface area contributed by atoms with Crippen molar-refractivity contribution in [2.24, 2.45) is 5.92 Å². The Hall–Kier alpha value is -2.96. The van der Waals surface area contributed by atoms with Crippen LogP contribution in [0.2, 0.25) is 0 Å². The molecule has 0 aliphatic rings. The van der Waals surface area contributed by atoms with Crippen molar-refractivity contribution in [3.8, 4) is 5.75 Å². The van der Waals surface area contributed by atoms with Crippen molar-refractivity contribution in [2.75, 3.05) is 14.2 Å². The van der Waals surface area contributed by atoms with E-state index in [0.29, 0.717) is 10.6 Å². The highest BCUT2D eigenvalue weighted by Crippen LogP contribution is 2.33. The van der Waals surface area contributed by atoms with Crippen LogP contribution in [0.15, 0.2) is 84.3 Å². The molecule has 0 aliphatic carbocycles. The van der Waals surface area contributed by atoms with Crippen LogP contribution in [0.3, 0.4) is 0 Å². The third-order valence-electron chi connectivity index (χ3n) is 4.73. The summed E-state index contributed by atoms with van der Waals surface area (Å²) in [6.07, 6.45) is 1.51. The molecule has 0 amide bonds. The van der Waals surface area contributed by atoms with Gasteiger partial charge in [-0.05, 0) is 17.0 Å². The predicted molar refractivity (Wildman–Crippen MR) is 115 cm³/mol. The van der Waals surface area contributed by atoms with E-state index < -0.39 is 28.9 Å². The third kappa shape index (κ3) is 4.39. The highest BCUT2D eigenvalue weighted by Gasteiger charge is 2.30. The number of benzene rings is 3. The second-order valence-electron chi connectivity index (χ2n) is 6.38. The largest absolute Gasteiger partial charge is 0.495 e. The van der Waals surface area contributed by atoms with E-state index in [1.807, 2.05) is 60.7 Å². The minimum atomic E-state index is -1.67. The van der Waals surface area contributed by atoms with Gasteiger partial charge in [0.25, 0.3) is 0 Å². The number of rotatable bonds is 8. The first-order valence-electron chi connectivity index (χ1n) is 9.09. The van der Waals surface area contributed by atoms with Gasteiger partial charge in [0.15, 0.2) is 0 Å². The van der Waals surface area contributed by atoms with E-state index in [1.54, 1.807) is 13.2 Å². The van der Waals surface area contributed by atoms with Crippen LogP contribution in [0, 0.1) is 5.92 Å². The number of ether oxygens (including phenoxy) is 2. The van der Waals surface area contributed by atoms with Crippen LogP contribution in [0.4, 0.5) is 0 Å². The van der Waals surface area contributed by atoms with Crippen LogP contribution in [0.25, 0.3) is 10.8 Å². The first-order valence-corrected chi connectivity index (χ1v) is 10.2. The predicted octanol–water partition coefficient (Wildman–Crippen LogP) is 4.18. The summed E-state index contributed by atoms with van der Waals surface area (Å²) >= 11 is 0. The van der Waals surface area contributed by atoms with Gasteiger partial charge in [0.1, 0.15) is 21.6 Å². The van der Waals surface area contributed by atoms with Crippen LogP contribution in [0.1, 0.15) is 11.6 Å². The molecule has 0 aliphatic heterocycles. The van der Waals surface area contributed by atoms with Crippen molar-refractivity contribution in [1.82, 2.24) is 4.72 Å². The molecule has 1 unspecified atom stereocenters. The quantitative estimate of drug-likeness (QED) is 0.448. The lowest BCUT2D eigenvalue weighted by atomic mass is 9.94. The van der Waals surface area contributed by atoms with Gasteiger partial charge in [-0.15, -0.1) is 6.58 Å². The second kappa shape index (κ2) is 9.49. The summed E-state index contributed by atoms with van der Waals surface area (Å²) < 4.78 is 27.0. The summed E-state index contributed by atoms with van der Waals surface area (Å²) in [7, 11) is 1.20. The average molecular weight is 410 g/mol. The summed E-state index contributed by atoms with van der Waals surface area (Å²) in [5.41, 5.74) is 0.801. The van der Waals surface area contributed by atoms with Gasteiger partial charge >= 0.3 is 5.97 Å². The van der Waals surface area contributed by atoms with Crippen LogP contribution in [-0.4, -0.2) is 24.4 Å². The maximum Gasteiger partial charge on any atom is 0.314 e. The Kier molecular flexibility index (Phi) is 6.80. The fraction of sp³-hybridized carbons (Fsp3) is 0.174. The van der Waals surface area contributed by atoms with E-state index in [-0.39, 0.29) is 0 Å². The Labute approximate surface area is 172 Å². The zero-order valence-electron chi connectivity index (χ0n) is 16.3. The molecule has 150 valence electrons. The van der Waals surface area contributed by atoms with Gasteiger partial charge in [-0.2, -0.15) is 0 Å². The smallest absolute Gasteiger partial charge is 0.314 e. The molecule has 0 heterocycles. The molecule has 5 nitrogen and oxygen atoms in total. The number of carbonyl (C=O) groups is 1. The molecule has 29 heavy (non-hydrogen) atoms. The monoisotopic (exact) mass is 409 g/mol. The molecule has 0 fully saturated rings. The number of methoxy groups -OCH3 is 2. The lowest BCUT2D eigenvalue weighted by Gasteiger charge is -2.24. The van der Waals surface area contributed by atoms with E-state index in [1.165, 1.54) is 13.2 Å². The van der Waals surface area contributed by atoms with Gasteiger partial charge in [0.2, 0.25) is 0 Å². The van der Waals surface area contributed by atoms with Gasteiger partial charge in [0, 0.05) is 5.39 Å². The minimum absolute atomic E-state index is 0.455. The molecule has 0 saturated carbocycles. The standard InChI is InChI=1S/C23H23NO4S/c1-4-18(23(25)28-3)21(17-11-6-5-7-12-17)24-29(26)22-19-13-9-8-10-16(19)14-15-20(22)27-2/h4-15,18,21,24H,1H2,2-3H3/t18-,21+,29?/m1/s1. The number of hydrogen-bond acceptors (Lipinski definition) is 4. The van der Waals surface area contributed by atoms with Crippen molar-refractivity contribution < 1.29 is 18.5 Å². The van der Waals surface area contributed by atoms with E-state index in [2.05, 4.69) is 11.3 Å². The van der Waals surface area contributed by atoms with Gasteiger partial charge in [-0.25, -0.2) is 8.93 Å². The lowest BCUT2D eigenvalue weighted by Crippen LogP contribution is -2.34. The molecule has 1 N–H and O–H groups in total. The van der Waals surface area contributed by atoms with Gasteiger partial charge in [-0.1, -0.05) is 66.7 Å². The second-order valence-corrected chi connectivity index (χ2v) is 7.56. The number of esters is 1. The lowest BCUT2D eigenvalue weighted by molar-refractivity contribution is -0.144. The Morgan fingerprint density at radius 3 is 2.38 bits per heavy atom. The Morgan fingerprint density at radius 2 is 1.72 bits per heavy atom.